The number of aryl methyl sites for hydroxylation is 8. The monoisotopic (exact) mass is 1660 g/mol. The molecular weight excluding hydrogens is 1500 g/mol. The molecule has 0 unspecified atom stereocenters. The first-order chi connectivity index (χ1) is 47.9. The van der Waals surface area contributed by atoms with E-state index in [4.69, 9.17) is 0 Å². The number of pyridine rings is 4. The van der Waals surface area contributed by atoms with E-state index in [1.807, 2.05) is 0 Å². The Balaban J connectivity index is 0.000000249. The molecule has 0 N–H and O–H groups in total. The Morgan fingerprint density at radius 1 is 0.317 bits per heavy atom. The second-order valence-electron chi connectivity index (χ2n) is 39.1. The second kappa shape index (κ2) is 37.8. The van der Waals surface area contributed by atoms with Crippen molar-refractivity contribution in [2.24, 2.45) is 57.8 Å². The summed E-state index contributed by atoms with van der Waals surface area (Å²) in [6, 6.07) is 38.0. The van der Waals surface area contributed by atoms with E-state index in [-0.39, 0.29) is 5.41 Å². The van der Waals surface area contributed by atoms with Crippen LogP contribution in [0, 0.1) is 57.3 Å². The zero-order valence-electron chi connectivity index (χ0n) is 73.8. The number of hydrogen-bond donors (Lipinski definition) is 0. The molecule has 0 atom stereocenters. The molecule has 4 aromatic carbocycles. The minimum atomic E-state index is -1.91. The first-order valence-corrected chi connectivity index (χ1v) is 69.8. The molecule has 4 heterocycles. The van der Waals surface area contributed by atoms with Crippen LogP contribution in [0.5, 0.6) is 0 Å². The van der Waals surface area contributed by atoms with Crippen LogP contribution in [0.4, 0.5) is 0 Å². The summed E-state index contributed by atoms with van der Waals surface area (Å²) in [7, 11) is 8.89. The van der Waals surface area contributed by atoms with Gasteiger partial charge >= 0.3 is 657 Å². The molecule has 0 saturated carbocycles. The van der Waals surface area contributed by atoms with Crippen LogP contribution >= 0.6 is 0 Å². The Morgan fingerprint density at radius 3 is 0.846 bits per heavy atom. The van der Waals surface area contributed by atoms with E-state index in [2.05, 4.69) is 383 Å². The van der Waals surface area contributed by atoms with Gasteiger partial charge in [-0.15, -0.1) is 0 Å². The molecule has 0 spiro atoms. The summed E-state index contributed by atoms with van der Waals surface area (Å²) in [4.78, 5) is 0. The SMILES string of the molecule is CCC(CC)c1ccc(C)c(-c2cc(CC(C)C)[c]([Ge]([CH3])([CH3])[CH3])c[n+]2C)c1.Cc1ccc(C(C)(C)C)cc1-c1cc(CC(C)C)[c]([Ge]([CH3])([CH3])[CH3])c[n+]1C.Cc1ccc(C(C)C)cc1-c1cc(CC(C)C)[c]([Ge]([CH3])([CH3])[CH3])c[n+]1C.Cc1ccc(CC(C)C)cc1-c1cc(CC(C)C)[c]([Ge]([CH3])([CH3])[CH3])c[n+]1C. The molecule has 8 heteroatoms. The van der Waals surface area contributed by atoms with Crippen LogP contribution in [0.15, 0.2) is 122 Å². The molecule has 0 radical (unpaired) electrons. The Labute approximate surface area is 651 Å². The van der Waals surface area contributed by atoms with Gasteiger partial charge in [-0.1, -0.05) is 0 Å². The van der Waals surface area contributed by atoms with Crippen molar-refractivity contribution in [1.82, 2.24) is 0 Å². The fraction of sp³-hybridized carbons (Fsp3) is 0.542. The number of aromatic nitrogens is 4. The van der Waals surface area contributed by atoms with Gasteiger partial charge in [0.1, 0.15) is 0 Å². The molecule has 0 amide bonds. The van der Waals surface area contributed by atoms with Crippen molar-refractivity contribution < 1.29 is 18.3 Å². The minimum absolute atomic E-state index is 0.169. The van der Waals surface area contributed by atoms with Gasteiger partial charge in [-0.05, 0) is 0 Å². The molecule has 0 aliphatic carbocycles. The topological polar surface area (TPSA) is 15.5 Å². The Bertz CT molecular complexity index is 4160. The quantitative estimate of drug-likeness (QED) is 0.0475. The van der Waals surface area contributed by atoms with Gasteiger partial charge in [0.15, 0.2) is 0 Å². The number of benzene rings is 4. The predicted octanol–water partition coefficient (Wildman–Crippen LogP) is 22.4. The van der Waals surface area contributed by atoms with E-state index in [0.29, 0.717) is 41.4 Å². The second-order valence-corrected chi connectivity index (χ2v) is 81.4. The third kappa shape index (κ3) is 25.4. The van der Waals surface area contributed by atoms with Crippen molar-refractivity contribution in [3.63, 3.8) is 0 Å². The Hall–Kier alpha value is -4.35. The van der Waals surface area contributed by atoms with Crippen LogP contribution in [-0.4, -0.2) is 53.1 Å². The van der Waals surface area contributed by atoms with Crippen molar-refractivity contribution in [3.05, 3.63) is 189 Å². The summed E-state index contributed by atoms with van der Waals surface area (Å²) in [5.41, 5.74) is 28.7. The molecule has 568 valence electrons. The van der Waals surface area contributed by atoms with Crippen molar-refractivity contribution in [3.8, 4) is 45.0 Å². The third-order valence-electron chi connectivity index (χ3n) is 21.0. The summed E-state index contributed by atoms with van der Waals surface area (Å²) in [6.45, 7) is 48.3. The summed E-state index contributed by atoms with van der Waals surface area (Å²) in [6.07, 6.45) is 18.0. The predicted molar refractivity (Wildman–Crippen MR) is 472 cm³/mol. The van der Waals surface area contributed by atoms with Crippen LogP contribution in [0.3, 0.4) is 0 Å². The standard InChI is InChI=1S/C25H40GeN.2C24H38GeN.C23H36GeN/c1-10-20(11-2)21-13-12-19(5)23(15-21)25-16-22(14-18(3)4)24(17-27(25)9)26(6,7)8;1-17(2)13-19-14-23(26(10)16-22(19)25(7,8)9)21-15-20(24(4,5)6)12-11-18(21)3;1-17(2)12-20-11-10-19(5)22(14-20)24-15-21(13-18(3)4)23(16-26(24)9)25(6,7)8;1-16(2)12-20-14-23(25(9)15-22(20)24(6,7)8)21-13-19(17(3)4)11-10-18(21)5/h12-13,15-18,20H,10-11,14H2,1-9H3;11-12,14-17H,13H2,1-10H3;10-11,14-18H,12-13H2,1-9H3;10-11,13-17H,12H2,1-9H3/q4*+1. The van der Waals surface area contributed by atoms with Crippen LogP contribution in [0.2, 0.25) is 69.1 Å². The van der Waals surface area contributed by atoms with Crippen molar-refractivity contribution in [2.75, 3.05) is 0 Å². The molecule has 8 aromatic rings. The van der Waals surface area contributed by atoms with Crippen molar-refractivity contribution in [2.45, 2.75) is 277 Å². The maximum absolute atomic E-state index is 2.51. The fourth-order valence-corrected chi connectivity index (χ4v) is 29.5. The molecular formula is C96H152Ge4N4+4. The fourth-order valence-electron chi connectivity index (χ4n) is 15.1. The van der Waals surface area contributed by atoms with E-state index in [0.717, 1.165) is 6.42 Å². The zero-order chi connectivity index (χ0) is 78.8. The van der Waals surface area contributed by atoms with E-state index in [1.165, 1.54) is 128 Å². The van der Waals surface area contributed by atoms with Gasteiger partial charge in [0, 0.05) is 0 Å². The molecule has 0 aliphatic rings. The summed E-state index contributed by atoms with van der Waals surface area (Å²) in [5, 5.41) is 0. The Kier molecular flexibility index (Phi) is 32.9. The normalized spacial score (nSPS) is 12.4. The summed E-state index contributed by atoms with van der Waals surface area (Å²) >= 11 is -7.62. The first kappa shape index (κ1) is 90.3. The first-order valence-electron chi connectivity index (χ1n) is 40.4. The molecule has 4 aromatic heterocycles. The molecule has 4 nitrogen and oxygen atoms in total. The third-order valence-corrected chi connectivity index (χ3v) is 38.3. The van der Waals surface area contributed by atoms with Gasteiger partial charge < -0.3 is 0 Å². The molecule has 104 heavy (non-hydrogen) atoms. The molecule has 8 rings (SSSR count). The van der Waals surface area contributed by atoms with Gasteiger partial charge in [-0.3, -0.25) is 0 Å². The van der Waals surface area contributed by atoms with Gasteiger partial charge in [-0.2, -0.15) is 0 Å². The van der Waals surface area contributed by atoms with Crippen LogP contribution in [-0.2, 0) is 65.7 Å². The van der Waals surface area contributed by atoms with Gasteiger partial charge in [0.2, 0.25) is 0 Å². The van der Waals surface area contributed by atoms with Gasteiger partial charge in [0.25, 0.3) is 0 Å². The van der Waals surface area contributed by atoms with E-state index >= 15 is 0 Å². The average Bonchev–Trinajstić information content (AvgIpc) is 0.820. The molecule has 0 aliphatic heterocycles. The molecule has 0 saturated heterocycles. The van der Waals surface area contributed by atoms with Gasteiger partial charge in [0.05, 0.1) is 0 Å². The molecule has 0 bridgehead atoms. The van der Waals surface area contributed by atoms with Crippen LogP contribution in [0.25, 0.3) is 45.0 Å². The van der Waals surface area contributed by atoms with Crippen molar-refractivity contribution >= 4 is 70.6 Å². The van der Waals surface area contributed by atoms with Crippen molar-refractivity contribution in [1.29, 1.82) is 0 Å². The van der Waals surface area contributed by atoms with E-state index in [9.17, 15) is 0 Å². The number of rotatable bonds is 22. The summed E-state index contributed by atoms with van der Waals surface area (Å²) < 4.78 is 16.1. The number of hydrogen-bond acceptors (Lipinski definition) is 0. The van der Waals surface area contributed by atoms with E-state index in [1.54, 1.807) is 39.8 Å². The van der Waals surface area contributed by atoms with Crippen LogP contribution < -0.4 is 35.9 Å². The van der Waals surface area contributed by atoms with Crippen LogP contribution in [0.1, 0.15) is 209 Å². The summed E-state index contributed by atoms with van der Waals surface area (Å²) in [5.74, 6) is 34.7. The van der Waals surface area contributed by atoms with E-state index < -0.39 is 53.1 Å². The maximum atomic E-state index is 2.51. The van der Waals surface area contributed by atoms with Gasteiger partial charge in [-0.25, -0.2) is 0 Å². The molecule has 0 fully saturated rings. The Morgan fingerprint density at radius 2 is 0.577 bits per heavy atom. The average molecular weight is 1650 g/mol. The zero-order valence-corrected chi connectivity index (χ0v) is 82.2. The number of nitrogens with zero attached hydrogens (tertiary/aromatic N) is 4.